The molecule has 2 heterocycles. The van der Waals surface area contributed by atoms with E-state index in [1.54, 1.807) is 7.11 Å². The molecule has 0 N–H and O–H groups in total. The normalized spacial score (nSPS) is 28.7. The van der Waals surface area contributed by atoms with Gasteiger partial charge in [-0.3, -0.25) is 9.88 Å². The minimum absolute atomic E-state index is 0.369. The average molecular weight is 306 g/mol. The molecule has 0 spiro atoms. The zero-order valence-corrected chi connectivity index (χ0v) is 13.3. The Balaban J connectivity index is 1.44. The van der Waals surface area contributed by atoms with Gasteiger partial charge in [-0.15, -0.1) is 0 Å². The van der Waals surface area contributed by atoms with Crippen molar-refractivity contribution < 1.29 is 14.2 Å². The molecule has 1 aromatic rings. The van der Waals surface area contributed by atoms with Crippen LogP contribution in [0.2, 0.25) is 0 Å². The molecule has 1 aliphatic heterocycles. The molecule has 5 nitrogen and oxygen atoms in total. The third-order valence-electron chi connectivity index (χ3n) is 4.66. The molecule has 1 aliphatic carbocycles. The van der Waals surface area contributed by atoms with Gasteiger partial charge >= 0.3 is 0 Å². The maximum absolute atomic E-state index is 5.96. The third kappa shape index (κ3) is 4.04. The molecule has 1 saturated heterocycles. The lowest BCUT2D eigenvalue weighted by Gasteiger charge is -2.37. The highest BCUT2D eigenvalue weighted by Gasteiger charge is 2.40. The van der Waals surface area contributed by atoms with E-state index in [-0.39, 0.29) is 0 Å². The van der Waals surface area contributed by atoms with Crippen LogP contribution in [-0.2, 0) is 20.8 Å². The van der Waals surface area contributed by atoms with Gasteiger partial charge in [0.1, 0.15) is 0 Å². The van der Waals surface area contributed by atoms with Gasteiger partial charge in [-0.05, 0) is 30.9 Å². The van der Waals surface area contributed by atoms with E-state index < -0.39 is 0 Å². The Morgan fingerprint density at radius 2 is 2.32 bits per heavy atom. The highest BCUT2D eigenvalue weighted by Crippen LogP contribution is 2.34. The van der Waals surface area contributed by atoms with Crippen LogP contribution < -0.4 is 0 Å². The Labute approximate surface area is 132 Å². The van der Waals surface area contributed by atoms with Crippen molar-refractivity contribution in [3.05, 3.63) is 30.1 Å². The summed E-state index contributed by atoms with van der Waals surface area (Å²) in [5, 5.41) is 0. The van der Waals surface area contributed by atoms with Crippen LogP contribution in [0, 0.1) is 5.92 Å². The van der Waals surface area contributed by atoms with E-state index in [9.17, 15) is 0 Å². The number of fused-ring (bicyclic) bond motifs is 1. The Hall–Kier alpha value is -1.01. The van der Waals surface area contributed by atoms with E-state index in [0.29, 0.717) is 24.7 Å². The summed E-state index contributed by atoms with van der Waals surface area (Å²) < 4.78 is 17.0. The number of nitrogens with zero attached hydrogens (tertiary/aromatic N) is 2. The molecule has 3 rings (SSSR count). The van der Waals surface area contributed by atoms with Gasteiger partial charge in [-0.2, -0.15) is 0 Å². The van der Waals surface area contributed by atoms with Crippen LogP contribution in [0.15, 0.2) is 24.4 Å². The van der Waals surface area contributed by atoms with E-state index in [2.05, 4.69) is 9.88 Å². The molecule has 22 heavy (non-hydrogen) atoms. The van der Waals surface area contributed by atoms with Crippen molar-refractivity contribution >= 4 is 0 Å². The second kappa shape index (κ2) is 8.02. The first-order valence-electron chi connectivity index (χ1n) is 8.19. The number of pyridine rings is 1. The van der Waals surface area contributed by atoms with Crippen molar-refractivity contribution in [2.24, 2.45) is 5.92 Å². The lowest BCUT2D eigenvalue weighted by Crippen LogP contribution is -2.49. The van der Waals surface area contributed by atoms with Crippen molar-refractivity contribution in [3.8, 4) is 0 Å². The smallest absolute Gasteiger partial charge is 0.0887 e. The first kappa shape index (κ1) is 15.9. The van der Waals surface area contributed by atoms with Gasteiger partial charge in [0.15, 0.2) is 0 Å². The molecule has 0 amide bonds. The van der Waals surface area contributed by atoms with Crippen molar-refractivity contribution in [1.29, 1.82) is 0 Å². The molecule has 1 saturated carbocycles. The van der Waals surface area contributed by atoms with Crippen LogP contribution in [0.25, 0.3) is 0 Å². The second-order valence-corrected chi connectivity index (χ2v) is 6.18. The van der Waals surface area contributed by atoms with Gasteiger partial charge in [0.05, 0.1) is 38.2 Å². The highest BCUT2D eigenvalue weighted by atomic mass is 16.5. The van der Waals surface area contributed by atoms with Crippen molar-refractivity contribution in [2.45, 2.75) is 31.6 Å². The number of hydrogen-bond donors (Lipinski definition) is 0. The average Bonchev–Trinajstić information content (AvgIpc) is 2.97. The predicted octanol–water partition coefficient (Wildman–Crippen LogP) is 1.72. The fraction of sp³-hybridized carbons (Fsp3) is 0.706. The van der Waals surface area contributed by atoms with Crippen LogP contribution in [0.3, 0.4) is 0 Å². The lowest BCUT2D eigenvalue weighted by atomic mass is 10.1. The number of hydrogen-bond acceptors (Lipinski definition) is 5. The molecule has 5 heteroatoms. The summed E-state index contributed by atoms with van der Waals surface area (Å²) in [6.07, 6.45) is 4.45. The molecule has 2 fully saturated rings. The summed E-state index contributed by atoms with van der Waals surface area (Å²) in [4.78, 5) is 6.81. The largest absolute Gasteiger partial charge is 0.383 e. The number of morpholine rings is 1. The van der Waals surface area contributed by atoms with E-state index in [1.807, 2.05) is 24.4 Å². The van der Waals surface area contributed by atoms with E-state index in [1.165, 1.54) is 0 Å². The summed E-state index contributed by atoms with van der Waals surface area (Å²) in [6, 6.07) is 6.46. The monoisotopic (exact) mass is 306 g/mol. The summed E-state index contributed by atoms with van der Waals surface area (Å²) >= 11 is 0. The summed E-state index contributed by atoms with van der Waals surface area (Å²) in [5.41, 5.74) is 0.996. The zero-order chi connectivity index (χ0) is 15.2. The highest BCUT2D eigenvalue weighted by molar-refractivity contribution is 5.02. The fourth-order valence-electron chi connectivity index (χ4n) is 3.56. The number of ether oxygens (including phenoxy) is 3. The topological polar surface area (TPSA) is 43.8 Å². The van der Waals surface area contributed by atoms with Crippen molar-refractivity contribution in [3.63, 3.8) is 0 Å². The van der Waals surface area contributed by atoms with Gasteiger partial charge < -0.3 is 14.2 Å². The van der Waals surface area contributed by atoms with Crippen LogP contribution >= 0.6 is 0 Å². The molecule has 0 aromatic carbocycles. The fourth-order valence-corrected chi connectivity index (χ4v) is 3.56. The minimum Gasteiger partial charge on any atom is -0.383 e. The minimum atomic E-state index is 0.369. The van der Waals surface area contributed by atoms with Crippen molar-refractivity contribution in [1.82, 2.24) is 9.88 Å². The molecule has 0 bridgehead atoms. The van der Waals surface area contributed by atoms with Crippen LogP contribution in [0.1, 0.15) is 18.5 Å². The van der Waals surface area contributed by atoms with E-state index in [4.69, 9.17) is 14.2 Å². The Kier molecular flexibility index (Phi) is 5.78. The molecule has 0 unspecified atom stereocenters. The van der Waals surface area contributed by atoms with Gasteiger partial charge in [-0.25, -0.2) is 0 Å². The van der Waals surface area contributed by atoms with E-state index in [0.717, 1.165) is 51.4 Å². The quantitative estimate of drug-likeness (QED) is 0.767. The maximum atomic E-state index is 5.96. The SMILES string of the molecule is COCCN1CCO[C@@H]2C[C@H](COCc3ccccn3)C[C@H]21. The zero-order valence-electron chi connectivity index (χ0n) is 13.3. The van der Waals surface area contributed by atoms with Crippen LogP contribution in [0.5, 0.6) is 0 Å². The molecular weight excluding hydrogens is 280 g/mol. The predicted molar refractivity (Wildman–Crippen MR) is 83.6 cm³/mol. The second-order valence-electron chi connectivity index (χ2n) is 6.18. The summed E-state index contributed by atoms with van der Waals surface area (Å²) in [6.45, 7) is 5.05. The summed E-state index contributed by atoms with van der Waals surface area (Å²) in [5.74, 6) is 0.585. The van der Waals surface area contributed by atoms with Gasteiger partial charge in [0.25, 0.3) is 0 Å². The van der Waals surface area contributed by atoms with Crippen LogP contribution in [0.4, 0.5) is 0 Å². The molecule has 0 radical (unpaired) electrons. The van der Waals surface area contributed by atoms with E-state index >= 15 is 0 Å². The third-order valence-corrected chi connectivity index (χ3v) is 4.66. The van der Waals surface area contributed by atoms with Gasteiger partial charge in [0.2, 0.25) is 0 Å². The Morgan fingerprint density at radius 3 is 3.14 bits per heavy atom. The first-order chi connectivity index (χ1) is 10.9. The van der Waals surface area contributed by atoms with Crippen molar-refractivity contribution in [2.75, 3.05) is 40.0 Å². The Bertz CT molecular complexity index is 443. The number of aromatic nitrogens is 1. The maximum Gasteiger partial charge on any atom is 0.0887 e. The van der Waals surface area contributed by atoms with Crippen LogP contribution in [-0.4, -0.2) is 62.0 Å². The molecular formula is C17H26N2O3. The standard InChI is InChI=1S/C17H26N2O3/c1-20-8-6-19-7-9-22-17-11-14(10-16(17)19)12-21-13-15-4-2-3-5-18-15/h2-5,14,16-17H,6-13H2,1H3/t14-,16-,17-/m1/s1. The van der Waals surface area contributed by atoms with Gasteiger partial charge in [0, 0.05) is 32.4 Å². The molecule has 2 aliphatic rings. The molecule has 1 aromatic heterocycles. The molecule has 3 atom stereocenters. The summed E-state index contributed by atoms with van der Waals surface area (Å²) in [7, 11) is 1.76. The Morgan fingerprint density at radius 1 is 1.36 bits per heavy atom. The number of methoxy groups -OCH3 is 1. The lowest BCUT2D eigenvalue weighted by molar-refractivity contribution is -0.0611. The molecule has 122 valence electrons. The van der Waals surface area contributed by atoms with Gasteiger partial charge in [-0.1, -0.05) is 6.07 Å². The number of rotatable bonds is 7. The first-order valence-corrected chi connectivity index (χ1v) is 8.19.